The predicted octanol–water partition coefficient (Wildman–Crippen LogP) is 3.32. The molecule has 26 heavy (non-hydrogen) atoms. The lowest BCUT2D eigenvalue weighted by Gasteiger charge is -2.28. The van der Waals surface area contributed by atoms with Gasteiger partial charge in [-0.15, -0.1) is 0 Å². The van der Waals surface area contributed by atoms with Gasteiger partial charge in [0.2, 0.25) is 0 Å². The molecule has 1 aliphatic rings. The maximum atomic E-state index is 12.9. The van der Waals surface area contributed by atoms with Crippen molar-refractivity contribution in [2.75, 3.05) is 19.6 Å². The summed E-state index contributed by atoms with van der Waals surface area (Å²) in [7, 11) is 0. The van der Waals surface area contributed by atoms with Crippen LogP contribution in [0.2, 0.25) is 0 Å². The minimum absolute atomic E-state index is 0.0904. The zero-order chi connectivity index (χ0) is 18.9. The SMILES string of the molecule is CC(C)CNC(=O)NCC1CCC(CNC(=O)c2ccc(F)cc2)CC1. The van der Waals surface area contributed by atoms with Crippen molar-refractivity contribution in [1.82, 2.24) is 16.0 Å². The van der Waals surface area contributed by atoms with Crippen LogP contribution >= 0.6 is 0 Å². The summed E-state index contributed by atoms with van der Waals surface area (Å²) in [5.74, 6) is 0.914. The first kappa shape index (κ1) is 20.2. The van der Waals surface area contributed by atoms with Crippen LogP contribution in [0.15, 0.2) is 24.3 Å². The molecule has 1 aromatic rings. The van der Waals surface area contributed by atoms with Crippen molar-refractivity contribution < 1.29 is 14.0 Å². The molecule has 3 amide bonds. The van der Waals surface area contributed by atoms with Crippen LogP contribution in [0.25, 0.3) is 0 Å². The Hall–Kier alpha value is -2.11. The van der Waals surface area contributed by atoms with Crippen LogP contribution in [-0.2, 0) is 0 Å². The van der Waals surface area contributed by atoms with E-state index in [1.54, 1.807) is 0 Å². The number of amides is 3. The van der Waals surface area contributed by atoms with Gasteiger partial charge in [0.05, 0.1) is 0 Å². The fourth-order valence-electron chi connectivity index (χ4n) is 3.18. The van der Waals surface area contributed by atoms with Crippen molar-refractivity contribution >= 4 is 11.9 Å². The lowest BCUT2D eigenvalue weighted by molar-refractivity contribution is 0.0941. The first-order valence-electron chi connectivity index (χ1n) is 9.49. The summed E-state index contributed by atoms with van der Waals surface area (Å²) >= 11 is 0. The van der Waals surface area contributed by atoms with Gasteiger partial charge in [-0.1, -0.05) is 13.8 Å². The smallest absolute Gasteiger partial charge is 0.314 e. The number of benzene rings is 1. The molecule has 0 atom stereocenters. The largest absolute Gasteiger partial charge is 0.352 e. The summed E-state index contributed by atoms with van der Waals surface area (Å²) < 4.78 is 12.9. The zero-order valence-electron chi connectivity index (χ0n) is 15.7. The van der Waals surface area contributed by atoms with Gasteiger partial charge in [0.15, 0.2) is 0 Å². The second-order valence-corrected chi connectivity index (χ2v) is 7.59. The molecule has 3 N–H and O–H groups in total. The van der Waals surface area contributed by atoms with Crippen LogP contribution in [0, 0.1) is 23.6 Å². The molecule has 144 valence electrons. The Balaban J connectivity index is 1.61. The van der Waals surface area contributed by atoms with Crippen LogP contribution in [-0.4, -0.2) is 31.6 Å². The van der Waals surface area contributed by atoms with E-state index in [-0.39, 0.29) is 17.8 Å². The monoisotopic (exact) mass is 363 g/mol. The third-order valence-corrected chi connectivity index (χ3v) is 4.85. The van der Waals surface area contributed by atoms with Gasteiger partial charge in [-0.25, -0.2) is 9.18 Å². The van der Waals surface area contributed by atoms with E-state index in [2.05, 4.69) is 29.8 Å². The molecule has 2 rings (SSSR count). The summed E-state index contributed by atoms with van der Waals surface area (Å²) in [6.07, 6.45) is 4.20. The van der Waals surface area contributed by atoms with Crippen molar-refractivity contribution in [3.63, 3.8) is 0 Å². The average Bonchev–Trinajstić information content (AvgIpc) is 2.64. The molecule has 1 aliphatic carbocycles. The van der Waals surface area contributed by atoms with Crippen molar-refractivity contribution in [1.29, 1.82) is 0 Å². The zero-order valence-corrected chi connectivity index (χ0v) is 15.7. The van der Waals surface area contributed by atoms with Crippen LogP contribution in [0.1, 0.15) is 49.9 Å². The van der Waals surface area contributed by atoms with Gasteiger partial charge in [0.25, 0.3) is 5.91 Å². The van der Waals surface area contributed by atoms with Gasteiger partial charge in [-0.05, 0) is 67.7 Å². The van der Waals surface area contributed by atoms with E-state index < -0.39 is 0 Å². The minimum atomic E-state index is -0.341. The summed E-state index contributed by atoms with van der Waals surface area (Å²) in [5.41, 5.74) is 0.483. The fraction of sp³-hybridized carbons (Fsp3) is 0.600. The highest BCUT2D eigenvalue weighted by Gasteiger charge is 2.22. The highest BCUT2D eigenvalue weighted by molar-refractivity contribution is 5.94. The number of urea groups is 1. The number of carbonyl (C=O) groups excluding carboxylic acids is 2. The molecule has 0 radical (unpaired) electrons. The molecule has 0 unspecified atom stereocenters. The lowest BCUT2D eigenvalue weighted by Crippen LogP contribution is -2.40. The topological polar surface area (TPSA) is 70.2 Å². The Bertz CT molecular complexity index is 581. The Morgan fingerprint density at radius 2 is 1.50 bits per heavy atom. The van der Waals surface area contributed by atoms with Crippen LogP contribution < -0.4 is 16.0 Å². The van der Waals surface area contributed by atoms with E-state index in [4.69, 9.17) is 0 Å². The van der Waals surface area contributed by atoms with Gasteiger partial charge in [0, 0.05) is 25.2 Å². The molecule has 6 heteroatoms. The molecular formula is C20H30FN3O2. The van der Waals surface area contributed by atoms with E-state index in [9.17, 15) is 14.0 Å². The molecule has 0 bridgehead atoms. The lowest BCUT2D eigenvalue weighted by atomic mass is 9.82. The molecular weight excluding hydrogens is 333 g/mol. The van der Waals surface area contributed by atoms with Crippen LogP contribution in [0.5, 0.6) is 0 Å². The average molecular weight is 363 g/mol. The first-order chi connectivity index (χ1) is 12.4. The molecule has 0 aromatic heterocycles. The Kier molecular flexibility index (Phi) is 7.88. The van der Waals surface area contributed by atoms with E-state index >= 15 is 0 Å². The summed E-state index contributed by atoms with van der Waals surface area (Å²) in [6, 6.07) is 5.50. The van der Waals surface area contributed by atoms with E-state index in [1.165, 1.54) is 24.3 Å². The third-order valence-electron chi connectivity index (χ3n) is 4.85. The van der Waals surface area contributed by atoms with Crippen molar-refractivity contribution in [3.05, 3.63) is 35.6 Å². The number of carbonyl (C=O) groups is 2. The van der Waals surface area contributed by atoms with Crippen LogP contribution in [0.4, 0.5) is 9.18 Å². The number of hydrogen-bond donors (Lipinski definition) is 3. The van der Waals surface area contributed by atoms with Crippen molar-refractivity contribution in [3.8, 4) is 0 Å². The number of hydrogen-bond acceptors (Lipinski definition) is 2. The molecule has 1 aromatic carbocycles. The summed E-state index contributed by atoms with van der Waals surface area (Å²) in [6.45, 7) is 6.17. The fourth-order valence-corrected chi connectivity index (χ4v) is 3.18. The highest BCUT2D eigenvalue weighted by atomic mass is 19.1. The Labute approximate surface area is 155 Å². The first-order valence-corrected chi connectivity index (χ1v) is 9.49. The van der Waals surface area contributed by atoms with Gasteiger partial charge in [-0.2, -0.15) is 0 Å². The molecule has 1 saturated carbocycles. The van der Waals surface area contributed by atoms with Gasteiger partial charge >= 0.3 is 6.03 Å². The predicted molar refractivity (Wildman–Crippen MR) is 100 cm³/mol. The van der Waals surface area contributed by atoms with E-state index in [0.717, 1.165) is 25.7 Å². The second kappa shape index (κ2) is 10.1. The van der Waals surface area contributed by atoms with Gasteiger partial charge in [0.1, 0.15) is 5.82 Å². The quantitative estimate of drug-likeness (QED) is 0.695. The second-order valence-electron chi connectivity index (χ2n) is 7.59. The molecule has 0 spiro atoms. The maximum absolute atomic E-state index is 12.9. The Morgan fingerprint density at radius 1 is 0.962 bits per heavy atom. The number of rotatable bonds is 7. The van der Waals surface area contributed by atoms with Gasteiger partial charge < -0.3 is 16.0 Å². The van der Waals surface area contributed by atoms with Gasteiger partial charge in [-0.3, -0.25) is 4.79 Å². The molecule has 0 aliphatic heterocycles. The molecule has 0 heterocycles. The minimum Gasteiger partial charge on any atom is -0.352 e. The summed E-state index contributed by atoms with van der Waals surface area (Å²) in [4.78, 5) is 23.8. The van der Waals surface area contributed by atoms with Crippen molar-refractivity contribution in [2.45, 2.75) is 39.5 Å². The van der Waals surface area contributed by atoms with E-state index in [0.29, 0.717) is 43.0 Å². The molecule has 5 nitrogen and oxygen atoms in total. The van der Waals surface area contributed by atoms with Crippen LogP contribution in [0.3, 0.4) is 0 Å². The molecule has 0 saturated heterocycles. The Morgan fingerprint density at radius 3 is 2.04 bits per heavy atom. The van der Waals surface area contributed by atoms with Crippen molar-refractivity contribution in [2.24, 2.45) is 17.8 Å². The number of halogens is 1. The third kappa shape index (κ3) is 7.02. The standard InChI is InChI=1S/C20H30FN3O2/c1-14(2)11-23-20(26)24-13-16-5-3-15(4-6-16)12-22-19(25)17-7-9-18(21)10-8-17/h7-10,14-16H,3-6,11-13H2,1-2H3,(H,22,25)(H2,23,24,26). The maximum Gasteiger partial charge on any atom is 0.314 e. The molecule has 1 fully saturated rings. The van der Waals surface area contributed by atoms with E-state index in [1.807, 2.05) is 0 Å². The summed E-state index contributed by atoms with van der Waals surface area (Å²) in [5, 5.41) is 8.75. The normalized spacial score (nSPS) is 19.8. The number of nitrogens with one attached hydrogen (secondary N) is 3. The highest BCUT2D eigenvalue weighted by Crippen LogP contribution is 2.28.